The number of hydrogen-bond donors (Lipinski definition) is 2. The lowest BCUT2D eigenvalue weighted by Gasteiger charge is -2.32. The van der Waals surface area contributed by atoms with Gasteiger partial charge >= 0.3 is 0 Å². The van der Waals surface area contributed by atoms with Crippen molar-refractivity contribution in [3.05, 3.63) is 22.7 Å². The van der Waals surface area contributed by atoms with E-state index in [2.05, 4.69) is 10.3 Å². The summed E-state index contributed by atoms with van der Waals surface area (Å²) >= 11 is 0. The molecule has 0 saturated carbocycles. The molecule has 7 nitrogen and oxygen atoms in total. The molecule has 0 spiro atoms. The van der Waals surface area contributed by atoms with Gasteiger partial charge in [0.15, 0.2) is 5.82 Å². The topological polar surface area (TPSA) is 93.2 Å². The molecule has 1 saturated heterocycles. The summed E-state index contributed by atoms with van der Waals surface area (Å²) in [6, 6.07) is 0. The summed E-state index contributed by atoms with van der Waals surface area (Å²) in [5, 5.41) is 2.82. The number of anilines is 1. The number of nitrogens with zero attached hydrogens (tertiary/aromatic N) is 3. The Hall–Kier alpha value is -1.89. The molecule has 2 heterocycles. The second-order valence-corrected chi connectivity index (χ2v) is 5.21. The van der Waals surface area contributed by atoms with Gasteiger partial charge in [-0.05, 0) is 19.8 Å². The van der Waals surface area contributed by atoms with Crippen molar-refractivity contribution in [3.8, 4) is 0 Å². The number of piperidine rings is 1. The molecule has 1 aliphatic heterocycles. The van der Waals surface area contributed by atoms with Crippen LogP contribution in [0, 0.1) is 5.92 Å². The zero-order valence-corrected chi connectivity index (χ0v) is 12.4. The highest BCUT2D eigenvalue weighted by Gasteiger charge is 2.27. The van der Waals surface area contributed by atoms with Crippen LogP contribution in [0.2, 0.25) is 0 Å². The van der Waals surface area contributed by atoms with Crippen LogP contribution in [0.4, 0.5) is 5.82 Å². The molecule has 0 aromatic carbocycles. The van der Waals surface area contributed by atoms with Gasteiger partial charge in [-0.25, -0.2) is 4.98 Å². The van der Waals surface area contributed by atoms with E-state index in [9.17, 15) is 9.59 Å². The SMILES string of the molecule is CCn1ccnc(N2CCCC(C(=O)NCCN)C2)c1=O. The lowest BCUT2D eigenvalue weighted by molar-refractivity contribution is -0.125. The van der Waals surface area contributed by atoms with Crippen LogP contribution < -0.4 is 21.5 Å². The van der Waals surface area contributed by atoms with Crippen molar-refractivity contribution in [2.45, 2.75) is 26.3 Å². The van der Waals surface area contributed by atoms with E-state index < -0.39 is 0 Å². The van der Waals surface area contributed by atoms with E-state index >= 15 is 0 Å². The molecule has 1 unspecified atom stereocenters. The number of carbonyl (C=O) groups excluding carboxylic acids is 1. The van der Waals surface area contributed by atoms with Crippen molar-refractivity contribution in [2.24, 2.45) is 11.7 Å². The van der Waals surface area contributed by atoms with Gasteiger partial charge in [-0.15, -0.1) is 0 Å². The van der Waals surface area contributed by atoms with Crippen LogP contribution in [0.25, 0.3) is 0 Å². The number of rotatable bonds is 5. The van der Waals surface area contributed by atoms with Gasteiger partial charge in [0.25, 0.3) is 5.56 Å². The van der Waals surface area contributed by atoms with Crippen molar-refractivity contribution >= 4 is 11.7 Å². The third-order valence-corrected chi connectivity index (χ3v) is 3.77. The van der Waals surface area contributed by atoms with E-state index in [1.807, 2.05) is 11.8 Å². The fourth-order valence-corrected chi connectivity index (χ4v) is 2.62. The largest absolute Gasteiger partial charge is 0.355 e. The fraction of sp³-hybridized carbons (Fsp3) is 0.643. The zero-order valence-electron chi connectivity index (χ0n) is 12.4. The molecule has 1 aromatic heterocycles. The summed E-state index contributed by atoms with van der Waals surface area (Å²) < 4.78 is 1.63. The highest BCUT2D eigenvalue weighted by molar-refractivity contribution is 5.79. The molecule has 21 heavy (non-hydrogen) atoms. The van der Waals surface area contributed by atoms with E-state index in [1.54, 1.807) is 17.0 Å². The summed E-state index contributed by atoms with van der Waals surface area (Å²) in [5.41, 5.74) is 5.30. The Labute approximate surface area is 124 Å². The van der Waals surface area contributed by atoms with E-state index in [4.69, 9.17) is 5.73 Å². The average Bonchev–Trinajstić information content (AvgIpc) is 2.53. The van der Waals surface area contributed by atoms with Crippen molar-refractivity contribution in [1.29, 1.82) is 0 Å². The maximum Gasteiger partial charge on any atom is 0.293 e. The van der Waals surface area contributed by atoms with Crippen LogP contribution in [0.3, 0.4) is 0 Å². The molecule has 1 atom stereocenters. The van der Waals surface area contributed by atoms with E-state index in [-0.39, 0.29) is 17.4 Å². The Balaban J connectivity index is 2.11. The summed E-state index contributed by atoms with van der Waals surface area (Å²) in [6.07, 6.45) is 5.03. The monoisotopic (exact) mass is 293 g/mol. The average molecular weight is 293 g/mol. The van der Waals surface area contributed by atoms with Gasteiger partial charge in [0, 0.05) is 45.1 Å². The van der Waals surface area contributed by atoms with Gasteiger partial charge in [-0.2, -0.15) is 0 Å². The molecule has 0 radical (unpaired) electrons. The predicted octanol–water partition coefficient (Wildman–Crippen LogP) is -0.445. The first-order valence-electron chi connectivity index (χ1n) is 7.45. The normalized spacial score (nSPS) is 18.6. The number of carbonyl (C=O) groups is 1. The maximum absolute atomic E-state index is 12.3. The Kier molecular flexibility index (Phi) is 5.32. The zero-order chi connectivity index (χ0) is 15.2. The van der Waals surface area contributed by atoms with Crippen molar-refractivity contribution in [2.75, 3.05) is 31.1 Å². The van der Waals surface area contributed by atoms with Gasteiger partial charge in [0.1, 0.15) is 0 Å². The molecule has 1 fully saturated rings. The van der Waals surface area contributed by atoms with Crippen LogP contribution in [-0.4, -0.2) is 41.6 Å². The summed E-state index contributed by atoms with van der Waals surface area (Å²) in [6.45, 7) is 4.75. The third-order valence-electron chi connectivity index (χ3n) is 3.77. The van der Waals surface area contributed by atoms with Crippen LogP contribution in [0.5, 0.6) is 0 Å². The van der Waals surface area contributed by atoms with Gasteiger partial charge < -0.3 is 20.5 Å². The Bertz CT molecular complexity index is 542. The lowest BCUT2D eigenvalue weighted by atomic mass is 9.97. The minimum atomic E-state index is -0.109. The molecule has 0 bridgehead atoms. The van der Waals surface area contributed by atoms with E-state index in [1.165, 1.54) is 0 Å². The molecule has 2 rings (SSSR count). The van der Waals surface area contributed by atoms with Gasteiger partial charge in [0.2, 0.25) is 5.91 Å². The molecular weight excluding hydrogens is 270 g/mol. The highest BCUT2D eigenvalue weighted by Crippen LogP contribution is 2.19. The highest BCUT2D eigenvalue weighted by atomic mass is 16.2. The molecule has 1 aliphatic rings. The number of hydrogen-bond acceptors (Lipinski definition) is 5. The Morgan fingerprint density at radius 1 is 1.57 bits per heavy atom. The van der Waals surface area contributed by atoms with Crippen LogP contribution in [0.15, 0.2) is 17.2 Å². The van der Waals surface area contributed by atoms with Gasteiger partial charge in [-0.3, -0.25) is 9.59 Å². The minimum absolute atomic E-state index is 0.0110. The minimum Gasteiger partial charge on any atom is -0.355 e. The van der Waals surface area contributed by atoms with Crippen molar-refractivity contribution in [3.63, 3.8) is 0 Å². The van der Waals surface area contributed by atoms with Crippen LogP contribution in [0.1, 0.15) is 19.8 Å². The summed E-state index contributed by atoms with van der Waals surface area (Å²) in [5.74, 6) is 0.342. The molecule has 0 aliphatic carbocycles. The Morgan fingerprint density at radius 3 is 3.10 bits per heavy atom. The predicted molar refractivity (Wildman–Crippen MR) is 81.2 cm³/mol. The molecule has 1 amide bonds. The first-order valence-corrected chi connectivity index (χ1v) is 7.45. The smallest absolute Gasteiger partial charge is 0.293 e. The number of nitrogens with one attached hydrogen (secondary N) is 1. The summed E-state index contributed by atoms with van der Waals surface area (Å²) in [7, 11) is 0. The molecule has 116 valence electrons. The molecular formula is C14H23N5O2. The first kappa shape index (κ1) is 15.5. The van der Waals surface area contributed by atoms with Crippen molar-refractivity contribution in [1.82, 2.24) is 14.9 Å². The first-order chi connectivity index (χ1) is 10.2. The maximum atomic E-state index is 12.3. The number of aromatic nitrogens is 2. The number of nitrogens with two attached hydrogens (primary N) is 1. The molecule has 1 aromatic rings. The second kappa shape index (κ2) is 7.21. The van der Waals surface area contributed by atoms with E-state index in [0.29, 0.717) is 32.0 Å². The second-order valence-electron chi connectivity index (χ2n) is 5.21. The quantitative estimate of drug-likeness (QED) is 0.767. The number of aryl methyl sites for hydroxylation is 1. The fourth-order valence-electron chi connectivity index (χ4n) is 2.62. The summed E-state index contributed by atoms with van der Waals surface area (Å²) in [4.78, 5) is 30.5. The molecule has 7 heteroatoms. The Morgan fingerprint density at radius 2 is 2.38 bits per heavy atom. The molecule has 3 N–H and O–H groups in total. The lowest BCUT2D eigenvalue weighted by Crippen LogP contribution is -2.46. The standard InChI is InChI=1S/C14H23N5O2/c1-2-18-9-7-16-12(14(18)21)19-8-3-4-11(10-19)13(20)17-6-5-15/h7,9,11H,2-6,8,10,15H2,1H3,(H,17,20). The van der Waals surface area contributed by atoms with Crippen LogP contribution >= 0.6 is 0 Å². The van der Waals surface area contributed by atoms with Gasteiger partial charge in [-0.1, -0.05) is 0 Å². The van der Waals surface area contributed by atoms with Gasteiger partial charge in [0.05, 0.1) is 5.92 Å². The van der Waals surface area contributed by atoms with Crippen LogP contribution in [-0.2, 0) is 11.3 Å². The van der Waals surface area contributed by atoms with Crippen molar-refractivity contribution < 1.29 is 4.79 Å². The van der Waals surface area contributed by atoms with E-state index in [0.717, 1.165) is 19.4 Å². The number of amides is 1. The third kappa shape index (κ3) is 3.60.